The number of nitrogens with one attached hydrogen (secondary N) is 1. The lowest BCUT2D eigenvalue weighted by Crippen LogP contribution is -2.39. The predicted molar refractivity (Wildman–Crippen MR) is 58.7 cm³/mol. The largest absolute Gasteiger partial charge is 0.370 e. The normalized spacial score (nSPS) is 21.2. The quantitative estimate of drug-likeness (QED) is 0.734. The minimum absolute atomic E-state index is 0.330. The molecule has 3 nitrogen and oxygen atoms in total. The Morgan fingerprint density at radius 2 is 2.21 bits per heavy atom. The molecule has 0 spiro atoms. The van der Waals surface area contributed by atoms with Crippen molar-refractivity contribution in [2.24, 2.45) is 10.7 Å². The molecule has 3 N–H and O–H groups in total. The van der Waals surface area contributed by atoms with Crippen molar-refractivity contribution in [1.82, 2.24) is 5.32 Å². The van der Waals surface area contributed by atoms with Gasteiger partial charge in [-0.05, 0) is 11.6 Å². The second-order valence-corrected chi connectivity index (χ2v) is 3.73. The maximum atomic E-state index is 6.09. The zero-order valence-corrected chi connectivity index (χ0v) is 8.46. The van der Waals surface area contributed by atoms with Crippen LogP contribution >= 0.6 is 11.6 Å². The van der Waals surface area contributed by atoms with Crippen molar-refractivity contribution in [2.45, 2.75) is 5.92 Å². The van der Waals surface area contributed by atoms with Crippen LogP contribution in [0, 0.1) is 0 Å². The fourth-order valence-corrected chi connectivity index (χ4v) is 1.86. The Labute approximate surface area is 88.0 Å². The molecule has 74 valence electrons. The van der Waals surface area contributed by atoms with Gasteiger partial charge in [0.15, 0.2) is 5.96 Å². The second-order valence-electron chi connectivity index (χ2n) is 3.33. The molecule has 0 aliphatic carbocycles. The highest BCUT2D eigenvalue weighted by atomic mass is 35.5. The molecule has 2 rings (SSSR count). The fourth-order valence-electron chi connectivity index (χ4n) is 1.57. The van der Waals surface area contributed by atoms with E-state index in [1.165, 1.54) is 0 Å². The average Bonchev–Trinajstić information content (AvgIpc) is 2.20. The van der Waals surface area contributed by atoms with E-state index in [1.54, 1.807) is 0 Å². The Hall–Kier alpha value is -1.22. The maximum Gasteiger partial charge on any atom is 0.188 e. The molecule has 0 amide bonds. The molecular formula is C10H12ClN3. The van der Waals surface area contributed by atoms with Gasteiger partial charge in [0.1, 0.15) is 0 Å². The van der Waals surface area contributed by atoms with Gasteiger partial charge in [0.2, 0.25) is 0 Å². The van der Waals surface area contributed by atoms with Crippen LogP contribution in [0.3, 0.4) is 0 Å². The van der Waals surface area contributed by atoms with E-state index < -0.39 is 0 Å². The molecule has 0 radical (unpaired) electrons. The number of hydrogen-bond acceptors (Lipinski definition) is 3. The van der Waals surface area contributed by atoms with E-state index in [0.717, 1.165) is 17.1 Å². The van der Waals surface area contributed by atoms with Crippen LogP contribution in [0.4, 0.5) is 0 Å². The summed E-state index contributed by atoms with van der Waals surface area (Å²) in [7, 11) is 0. The van der Waals surface area contributed by atoms with Crippen LogP contribution < -0.4 is 11.1 Å². The van der Waals surface area contributed by atoms with Crippen LogP contribution in [0.15, 0.2) is 29.3 Å². The lowest BCUT2D eigenvalue weighted by molar-refractivity contribution is 0.635. The molecule has 1 unspecified atom stereocenters. The minimum Gasteiger partial charge on any atom is -0.370 e. The highest BCUT2D eigenvalue weighted by Gasteiger charge is 2.17. The van der Waals surface area contributed by atoms with Gasteiger partial charge in [0.25, 0.3) is 0 Å². The SMILES string of the molecule is NC1=NCC(c2ccccc2Cl)CN1. The average molecular weight is 210 g/mol. The first-order valence-electron chi connectivity index (χ1n) is 4.55. The van der Waals surface area contributed by atoms with E-state index >= 15 is 0 Å². The van der Waals surface area contributed by atoms with Crippen molar-refractivity contribution in [1.29, 1.82) is 0 Å². The van der Waals surface area contributed by atoms with E-state index in [2.05, 4.69) is 10.3 Å². The van der Waals surface area contributed by atoms with Crippen molar-refractivity contribution in [3.05, 3.63) is 34.9 Å². The summed E-state index contributed by atoms with van der Waals surface area (Å²) in [5.74, 6) is 0.851. The summed E-state index contributed by atoms with van der Waals surface area (Å²) >= 11 is 6.09. The Morgan fingerprint density at radius 1 is 1.43 bits per heavy atom. The Kier molecular flexibility index (Phi) is 2.59. The van der Waals surface area contributed by atoms with Crippen molar-refractivity contribution in [3.8, 4) is 0 Å². The highest BCUT2D eigenvalue weighted by molar-refractivity contribution is 6.31. The molecule has 0 fully saturated rings. The summed E-state index contributed by atoms with van der Waals surface area (Å²) in [6, 6.07) is 7.85. The van der Waals surface area contributed by atoms with Gasteiger partial charge in [0.05, 0.1) is 6.54 Å². The Bertz CT molecular complexity index is 362. The molecule has 1 aliphatic heterocycles. The van der Waals surface area contributed by atoms with E-state index in [-0.39, 0.29) is 0 Å². The van der Waals surface area contributed by atoms with Gasteiger partial charge in [-0.25, -0.2) is 0 Å². The molecule has 1 aromatic carbocycles. The van der Waals surface area contributed by atoms with E-state index in [4.69, 9.17) is 17.3 Å². The van der Waals surface area contributed by atoms with Crippen LogP contribution in [0.2, 0.25) is 5.02 Å². The molecule has 0 saturated carbocycles. The lowest BCUT2D eigenvalue weighted by atomic mass is 9.98. The molecule has 1 heterocycles. The first-order chi connectivity index (χ1) is 6.77. The van der Waals surface area contributed by atoms with Gasteiger partial charge < -0.3 is 11.1 Å². The number of halogens is 1. The zero-order chi connectivity index (χ0) is 9.97. The number of hydrogen-bond donors (Lipinski definition) is 2. The summed E-state index contributed by atoms with van der Waals surface area (Å²) < 4.78 is 0. The van der Waals surface area contributed by atoms with Gasteiger partial charge >= 0.3 is 0 Å². The van der Waals surface area contributed by atoms with Crippen molar-refractivity contribution >= 4 is 17.6 Å². The van der Waals surface area contributed by atoms with Crippen LogP contribution in [-0.4, -0.2) is 19.0 Å². The molecule has 0 aromatic heterocycles. The molecule has 1 aliphatic rings. The number of rotatable bonds is 1. The third-order valence-electron chi connectivity index (χ3n) is 2.36. The number of benzene rings is 1. The number of guanidine groups is 1. The summed E-state index contributed by atoms with van der Waals surface area (Å²) in [5, 5.41) is 3.83. The molecule has 0 saturated heterocycles. The standard InChI is InChI=1S/C10H12ClN3/c11-9-4-2-1-3-8(9)7-5-13-10(12)14-6-7/h1-4,7H,5-6H2,(H3,12,13,14). The summed E-state index contributed by atoms with van der Waals surface area (Å²) in [4.78, 5) is 4.15. The first kappa shape index (κ1) is 9.34. The number of nitrogens with zero attached hydrogens (tertiary/aromatic N) is 1. The molecule has 0 bridgehead atoms. The van der Waals surface area contributed by atoms with Gasteiger partial charge in [0, 0.05) is 17.5 Å². The highest BCUT2D eigenvalue weighted by Crippen LogP contribution is 2.25. The zero-order valence-electron chi connectivity index (χ0n) is 7.70. The minimum atomic E-state index is 0.330. The van der Waals surface area contributed by atoms with Gasteiger partial charge in [-0.15, -0.1) is 0 Å². The number of nitrogens with two attached hydrogens (primary N) is 1. The third kappa shape index (κ3) is 1.82. The first-order valence-corrected chi connectivity index (χ1v) is 4.93. The topological polar surface area (TPSA) is 50.4 Å². The Morgan fingerprint density at radius 3 is 2.86 bits per heavy atom. The molecule has 1 atom stereocenters. The van der Waals surface area contributed by atoms with Crippen LogP contribution in [0.25, 0.3) is 0 Å². The van der Waals surface area contributed by atoms with Crippen LogP contribution in [-0.2, 0) is 0 Å². The molecular weight excluding hydrogens is 198 g/mol. The van der Waals surface area contributed by atoms with Gasteiger partial charge in [-0.1, -0.05) is 29.8 Å². The van der Waals surface area contributed by atoms with E-state index in [9.17, 15) is 0 Å². The van der Waals surface area contributed by atoms with Gasteiger partial charge in [-0.2, -0.15) is 0 Å². The molecule has 1 aromatic rings. The number of aliphatic imine (C=N–C) groups is 1. The predicted octanol–water partition coefficient (Wildman–Crippen LogP) is 1.34. The van der Waals surface area contributed by atoms with E-state index in [1.807, 2.05) is 24.3 Å². The lowest BCUT2D eigenvalue weighted by Gasteiger charge is -2.22. The van der Waals surface area contributed by atoms with Crippen molar-refractivity contribution < 1.29 is 0 Å². The molecule has 14 heavy (non-hydrogen) atoms. The third-order valence-corrected chi connectivity index (χ3v) is 2.70. The summed E-state index contributed by atoms with van der Waals surface area (Å²) in [5.41, 5.74) is 6.66. The Balaban J connectivity index is 2.21. The summed E-state index contributed by atoms with van der Waals surface area (Å²) in [6.45, 7) is 1.52. The summed E-state index contributed by atoms with van der Waals surface area (Å²) in [6.07, 6.45) is 0. The van der Waals surface area contributed by atoms with Gasteiger partial charge in [-0.3, -0.25) is 4.99 Å². The van der Waals surface area contributed by atoms with E-state index in [0.29, 0.717) is 18.4 Å². The smallest absolute Gasteiger partial charge is 0.188 e. The van der Waals surface area contributed by atoms with Crippen molar-refractivity contribution in [3.63, 3.8) is 0 Å². The monoisotopic (exact) mass is 209 g/mol. The van der Waals surface area contributed by atoms with Crippen LogP contribution in [0.1, 0.15) is 11.5 Å². The maximum absolute atomic E-state index is 6.09. The van der Waals surface area contributed by atoms with Crippen molar-refractivity contribution in [2.75, 3.05) is 13.1 Å². The molecule has 4 heteroatoms. The second kappa shape index (κ2) is 3.88. The van der Waals surface area contributed by atoms with Crippen LogP contribution in [0.5, 0.6) is 0 Å². The fraction of sp³-hybridized carbons (Fsp3) is 0.300.